The van der Waals surface area contributed by atoms with Crippen LogP contribution in [0.15, 0.2) is 30.3 Å². The number of anilines is 1. The first-order valence-electron chi connectivity index (χ1n) is 8.75. The monoisotopic (exact) mass is 364 g/mol. The van der Waals surface area contributed by atoms with Crippen molar-refractivity contribution in [2.24, 2.45) is 11.8 Å². The molecule has 24 heavy (non-hydrogen) atoms. The van der Waals surface area contributed by atoms with Crippen molar-refractivity contribution in [3.63, 3.8) is 0 Å². The van der Waals surface area contributed by atoms with E-state index < -0.39 is 0 Å². The molecule has 2 aromatic rings. The number of piperidine rings is 2. The van der Waals surface area contributed by atoms with Gasteiger partial charge in [-0.25, -0.2) is 0 Å². The molecule has 3 heterocycles. The minimum absolute atomic E-state index is 0. The van der Waals surface area contributed by atoms with Gasteiger partial charge in [0.25, 0.3) is 0 Å². The van der Waals surface area contributed by atoms with Crippen molar-refractivity contribution >= 4 is 28.9 Å². The minimum atomic E-state index is 0. The molecule has 1 aromatic carbocycles. The highest BCUT2D eigenvalue weighted by Gasteiger charge is 2.28. The molecule has 0 radical (unpaired) electrons. The summed E-state index contributed by atoms with van der Waals surface area (Å²) in [6.45, 7) is 4.69. The first-order chi connectivity index (χ1) is 11.4. The Labute approximate surface area is 154 Å². The smallest absolute Gasteiger partial charge is 0.208 e. The van der Waals surface area contributed by atoms with Crippen LogP contribution in [-0.4, -0.2) is 36.4 Å². The van der Waals surface area contributed by atoms with Crippen molar-refractivity contribution in [2.45, 2.75) is 25.7 Å². The number of hydrogen-bond donors (Lipinski definition) is 1. The standard InChI is InChI=1S/C18H24N4S.ClH/c1-2-4-16(5-3-1)17-20-21-18(23-17)22-12-8-15(9-13-22)14-6-10-19-11-7-14;/h1-5,14-15,19H,6-13H2;1H. The van der Waals surface area contributed by atoms with Gasteiger partial charge in [0.05, 0.1) is 0 Å². The van der Waals surface area contributed by atoms with Crippen molar-refractivity contribution in [3.05, 3.63) is 30.3 Å². The number of rotatable bonds is 3. The maximum Gasteiger partial charge on any atom is 0.208 e. The molecule has 0 amide bonds. The maximum atomic E-state index is 4.44. The molecule has 2 fully saturated rings. The van der Waals surface area contributed by atoms with Gasteiger partial charge in [0.15, 0.2) is 0 Å². The third-order valence-electron chi connectivity index (χ3n) is 5.30. The highest BCUT2D eigenvalue weighted by Crippen LogP contribution is 2.34. The van der Waals surface area contributed by atoms with Gasteiger partial charge in [-0.1, -0.05) is 41.7 Å². The molecular formula is C18H25ClN4S. The Kier molecular flexibility index (Phi) is 6.09. The maximum absolute atomic E-state index is 4.44. The molecule has 0 saturated carbocycles. The Hall–Kier alpha value is -1.17. The van der Waals surface area contributed by atoms with E-state index in [1.165, 1.54) is 44.3 Å². The molecule has 0 atom stereocenters. The van der Waals surface area contributed by atoms with Gasteiger partial charge in [-0.3, -0.25) is 0 Å². The van der Waals surface area contributed by atoms with Crippen LogP contribution in [0.3, 0.4) is 0 Å². The predicted octanol–water partition coefficient (Wildman–Crippen LogP) is 3.84. The highest BCUT2D eigenvalue weighted by atomic mass is 35.5. The van der Waals surface area contributed by atoms with Crippen LogP contribution in [0.25, 0.3) is 10.6 Å². The molecule has 0 spiro atoms. The Morgan fingerprint density at radius 3 is 2.29 bits per heavy atom. The Morgan fingerprint density at radius 2 is 1.58 bits per heavy atom. The fourth-order valence-electron chi connectivity index (χ4n) is 3.92. The summed E-state index contributed by atoms with van der Waals surface area (Å²) in [5, 5.41) is 14.4. The van der Waals surface area contributed by atoms with Crippen LogP contribution in [0, 0.1) is 11.8 Å². The molecule has 6 heteroatoms. The van der Waals surface area contributed by atoms with Crippen LogP contribution in [0.5, 0.6) is 0 Å². The second kappa shape index (κ2) is 8.28. The van der Waals surface area contributed by atoms with Gasteiger partial charge in [-0.15, -0.1) is 22.6 Å². The molecule has 4 rings (SSSR count). The molecular weight excluding hydrogens is 340 g/mol. The Balaban J connectivity index is 0.00000169. The summed E-state index contributed by atoms with van der Waals surface area (Å²) in [5.74, 6) is 1.85. The molecule has 0 unspecified atom stereocenters. The van der Waals surface area contributed by atoms with Crippen molar-refractivity contribution in [1.82, 2.24) is 15.5 Å². The zero-order valence-corrected chi connectivity index (χ0v) is 15.5. The number of aromatic nitrogens is 2. The van der Waals surface area contributed by atoms with E-state index in [4.69, 9.17) is 0 Å². The average molecular weight is 365 g/mol. The van der Waals surface area contributed by atoms with Crippen molar-refractivity contribution in [3.8, 4) is 10.6 Å². The number of benzene rings is 1. The molecule has 2 aliphatic rings. The van der Waals surface area contributed by atoms with E-state index in [1.807, 2.05) is 6.07 Å². The lowest BCUT2D eigenvalue weighted by Crippen LogP contribution is -2.39. The molecule has 4 nitrogen and oxygen atoms in total. The van der Waals surface area contributed by atoms with Crippen LogP contribution in [0.4, 0.5) is 5.13 Å². The molecule has 0 aliphatic carbocycles. The van der Waals surface area contributed by atoms with E-state index in [0.29, 0.717) is 0 Å². The molecule has 2 aliphatic heterocycles. The largest absolute Gasteiger partial charge is 0.347 e. The van der Waals surface area contributed by atoms with Crippen LogP contribution in [-0.2, 0) is 0 Å². The first kappa shape index (κ1) is 17.6. The van der Waals surface area contributed by atoms with Crippen molar-refractivity contribution in [2.75, 3.05) is 31.1 Å². The minimum Gasteiger partial charge on any atom is -0.347 e. The number of hydrogen-bond acceptors (Lipinski definition) is 5. The van der Waals surface area contributed by atoms with E-state index in [1.54, 1.807) is 11.3 Å². The quantitative estimate of drug-likeness (QED) is 0.898. The van der Waals surface area contributed by atoms with Gasteiger partial charge in [-0.05, 0) is 50.6 Å². The summed E-state index contributed by atoms with van der Waals surface area (Å²) in [6, 6.07) is 10.4. The van der Waals surface area contributed by atoms with Crippen LogP contribution < -0.4 is 10.2 Å². The number of nitrogens with one attached hydrogen (secondary N) is 1. The predicted molar refractivity (Wildman–Crippen MR) is 103 cm³/mol. The van der Waals surface area contributed by atoms with Gasteiger partial charge in [0.1, 0.15) is 5.01 Å². The zero-order chi connectivity index (χ0) is 15.5. The van der Waals surface area contributed by atoms with Gasteiger partial charge in [0.2, 0.25) is 5.13 Å². The van der Waals surface area contributed by atoms with E-state index >= 15 is 0 Å². The third-order valence-corrected chi connectivity index (χ3v) is 6.33. The topological polar surface area (TPSA) is 41.1 Å². The summed E-state index contributed by atoms with van der Waals surface area (Å²) < 4.78 is 0. The van der Waals surface area contributed by atoms with Crippen molar-refractivity contribution in [1.29, 1.82) is 0 Å². The second-order valence-corrected chi connectivity index (χ2v) is 7.62. The lowest BCUT2D eigenvalue weighted by Gasteiger charge is -2.37. The lowest BCUT2D eigenvalue weighted by atomic mass is 9.79. The van der Waals surface area contributed by atoms with E-state index in [0.717, 1.165) is 35.1 Å². The fourth-order valence-corrected chi connectivity index (χ4v) is 4.82. The summed E-state index contributed by atoms with van der Waals surface area (Å²) in [4.78, 5) is 2.43. The lowest BCUT2D eigenvalue weighted by molar-refractivity contribution is 0.222. The van der Waals surface area contributed by atoms with Gasteiger partial charge in [-0.2, -0.15) is 0 Å². The summed E-state index contributed by atoms with van der Waals surface area (Å²) in [7, 11) is 0. The Bertz CT molecular complexity index is 619. The summed E-state index contributed by atoms with van der Waals surface area (Å²) in [5.41, 5.74) is 1.17. The van der Waals surface area contributed by atoms with Crippen LogP contribution >= 0.6 is 23.7 Å². The number of nitrogens with zero attached hydrogens (tertiary/aromatic N) is 3. The molecule has 1 aromatic heterocycles. The first-order valence-corrected chi connectivity index (χ1v) is 9.56. The molecule has 1 N–H and O–H groups in total. The van der Waals surface area contributed by atoms with Gasteiger partial charge in [0, 0.05) is 18.7 Å². The van der Waals surface area contributed by atoms with Crippen LogP contribution in [0.1, 0.15) is 25.7 Å². The van der Waals surface area contributed by atoms with Crippen molar-refractivity contribution < 1.29 is 0 Å². The second-order valence-electron chi connectivity index (χ2n) is 6.67. The van der Waals surface area contributed by atoms with Gasteiger partial charge < -0.3 is 10.2 Å². The van der Waals surface area contributed by atoms with E-state index in [-0.39, 0.29) is 12.4 Å². The average Bonchev–Trinajstić information content (AvgIpc) is 3.14. The normalized spacial score (nSPS) is 19.9. The number of halogens is 1. The highest BCUT2D eigenvalue weighted by molar-refractivity contribution is 7.18. The van der Waals surface area contributed by atoms with E-state index in [9.17, 15) is 0 Å². The molecule has 130 valence electrons. The summed E-state index contributed by atoms with van der Waals surface area (Å²) in [6.07, 6.45) is 5.35. The fraction of sp³-hybridized carbons (Fsp3) is 0.556. The van der Waals surface area contributed by atoms with Crippen LogP contribution in [0.2, 0.25) is 0 Å². The molecule has 2 saturated heterocycles. The Morgan fingerprint density at radius 1 is 0.917 bits per heavy atom. The molecule has 0 bridgehead atoms. The third kappa shape index (κ3) is 3.90. The van der Waals surface area contributed by atoms with Gasteiger partial charge >= 0.3 is 0 Å². The SMILES string of the molecule is Cl.c1ccc(-c2nnc(N3CCC(C4CCNCC4)CC3)s2)cc1. The summed E-state index contributed by atoms with van der Waals surface area (Å²) >= 11 is 1.72. The zero-order valence-electron chi connectivity index (χ0n) is 13.9. The van der Waals surface area contributed by atoms with E-state index in [2.05, 4.69) is 44.7 Å².